The number of thiol groups is 1. The zero-order valence-corrected chi connectivity index (χ0v) is 5.51. The van der Waals surface area contributed by atoms with Crippen molar-refractivity contribution in [2.75, 3.05) is 0 Å². The predicted molar refractivity (Wildman–Crippen MR) is 39.1 cm³/mol. The van der Waals surface area contributed by atoms with Crippen LogP contribution in [0.1, 0.15) is 0 Å². The molecule has 46 valence electrons. The van der Waals surface area contributed by atoms with Crippen molar-refractivity contribution >= 4 is 18.3 Å². The smallest absolute Gasteiger partial charge is 0.108 e. The molecule has 1 aromatic rings. The van der Waals surface area contributed by atoms with Crippen LogP contribution in [0.5, 0.6) is 0 Å². The number of nitroso groups, excluding NO2 is 1. The Morgan fingerprint density at radius 3 is 2.22 bits per heavy atom. The van der Waals surface area contributed by atoms with E-state index in [4.69, 9.17) is 0 Å². The molecule has 0 N–H and O–H groups in total. The first kappa shape index (κ1) is 6.29. The lowest BCUT2D eigenvalue weighted by Crippen LogP contribution is -1.62. The first-order valence-electron chi connectivity index (χ1n) is 2.45. The average molecular weight is 139 g/mol. The molecule has 0 heterocycles. The number of rotatable bonds is 1. The number of benzene rings is 1. The minimum Gasteiger partial charge on any atom is -0.145 e. The Labute approximate surface area is 58.3 Å². The third kappa shape index (κ3) is 1.54. The molecular weight excluding hydrogens is 134 g/mol. The van der Waals surface area contributed by atoms with E-state index in [1.54, 1.807) is 24.3 Å². The lowest BCUT2D eigenvalue weighted by Gasteiger charge is -1.87. The summed E-state index contributed by atoms with van der Waals surface area (Å²) in [7, 11) is 0. The Morgan fingerprint density at radius 2 is 1.78 bits per heavy atom. The van der Waals surface area contributed by atoms with Gasteiger partial charge in [0.15, 0.2) is 0 Å². The van der Waals surface area contributed by atoms with Crippen molar-refractivity contribution in [1.29, 1.82) is 0 Å². The molecule has 0 spiro atoms. The van der Waals surface area contributed by atoms with Gasteiger partial charge in [0.25, 0.3) is 0 Å². The second-order valence-electron chi connectivity index (χ2n) is 1.61. The van der Waals surface area contributed by atoms with Gasteiger partial charge >= 0.3 is 0 Å². The van der Waals surface area contributed by atoms with Crippen LogP contribution in [0, 0.1) is 4.91 Å². The first-order valence-corrected chi connectivity index (χ1v) is 2.90. The molecule has 0 atom stereocenters. The van der Waals surface area contributed by atoms with Gasteiger partial charge in [-0.05, 0) is 29.4 Å². The minimum atomic E-state index is 0.438. The largest absolute Gasteiger partial charge is 0.145 e. The molecule has 0 fully saturated rings. The Balaban J connectivity index is 3.01. The molecule has 9 heavy (non-hydrogen) atoms. The Bertz CT molecular complexity index is 207. The fourth-order valence-electron chi connectivity index (χ4n) is 0.513. The zero-order chi connectivity index (χ0) is 6.69. The summed E-state index contributed by atoms with van der Waals surface area (Å²) >= 11 is 4.03. The maximum Gasteiger partial charge on any atom is 0.108 e. The summed E-state index contributed by atoms with van der Waals surface area (Å²) in [4.78, 5) is 10.7. The molecule has 0 aromatic heterocycles. The lowest BCUT2D eigenvalue weighted by atomic mass is 10.3. The number of hydrogen-bond acceptors (Lipinski definition) is 3. The maximum absolute atomic E-state index is 9.84. The van der Waals surface area contributed by atoms with Crippen molar-refractivity contribution in [2.24, 2.45) is 5.18 Å². The van der Waals surface area contributed by atoms with E-state index in [1.807, 2.05) is 0 Å². The molecule has 0 aliphatic heterocycles. The summed E-state index contributed by atoms with van der Waals surface area (Å²) in [6.07, 6.45) is 0. The molecular formula is C6H5NOS. The summed E-state index contributed by atoms with van der Waals surface area (Å²) < 4.78 is 0. The highest BCUT2D eigenvalue weighted by atomic mass is 32.1. The average Bonchev–Trinajstić information content (AvgIpc) is 1.90. The molecule has 0 bridgehead atoms. The van der Waals surface area contributed by atoms with Crippen molar-refractivity contribution in [3.63, 3.8) is 0 Å². The summed E-state index contributed by atoms with van der Waals surface area (Å²) in [5, 5.41) is 2.73. The first-order chi connectivity index (χ1) is 4.33. The van der Waals surface area contributed by atoms with Gasteiger partial charge in [-0.25, -0.2) is 0 Å². The van der Waals surface area contributed by atoms with Crippen LogP contribution in [0.2, 0.25) is 0 Å². The van der Waals surface area contributed by atoms with Crippen LogP contribution in [0.25, 0.3) is 0 Å². The van der Waals surface area contributed by atoms with E-state index in [-0.39, 0.29) is 0 Å². The highest BCUT2D eigenvalue weighted by molar-refractivity contribution is 7.80. The minimum absolute atomic E-state index is 0.438. The van der Waals surface area contributed by atoms with Crippen molar-refractivity contribution in [2.45, 2.75) is 4.90 Å². The molecule has 1 aromatic carbocycles. The topological polar surface area (TPSA) is 29.4 Å². The van der Waals surface area contributed by atoms with Gasteiger partial charge < -0.3 is 0 Å². The molecule has 0 amide bonds. The van der Waals surface area contributed by atoms with Crippen LogP contribution < -0.4 is 0 Å². The van der Waals surface area contributed by atoms with E-state index < -0.39 is 0 Å². The maximum atomic E-state index is 9.84. The molecule has 1 rings (SSSR count). The second kappa shape index (κ2) is 2.64. The van der Waals surface area contributed by atoms with Crippen LogP contribution >= 0.6 is 12.6 Å². The van der Waals surface area contributed by atoms with Gasteiger partial charge in [-0.2, -0.15) is 0 Å². The Morgan fingerprint density at radius 1 is 1.22 bits per heavy atom. The van der Waals surface area contributed by atoms with E-state index in [0.717, 1.165) is 4.90 Å². The fourth-order valence-corrected chi connectivity index (χ4v) is 0.663. The molecule has 0 aliphatic carbocycles. The van der Waals surface area contributed by atoms with Crippen LogP contribution in [-0.4, -0.2) is 0 Å². The summed E-state index contributed by atoms with van der Waals surface area (Å²) in [5.74, 6) is 0. The Kier molecular flexibility index (Phi) is 1.85. The molecule has 2 nitrogen and oxygen atoms in total. The van der Waals surface area contributed by atoms with Gasteiger partial charge in [0.2, 0.25) is 0 Å². The van der Waals surface area contributed by atoms with E-state index >= 15 is 0 Å². The van der Waals surface area contributed by atoms with E-state index in [2.05, 4.69) is 17.8 Å². The normalized spacial score (nSPS) is 9.00. The van der Waals surface area contributed by atoms with Gasteiger partial charge in [-0.15, -0.1) is 17.5 Å². The van der Waals surface area contributed by atoms with Crippen LogP contribution in [0.4, 0.5) is 5.69 Å². The van der Waals surface area contributed by atoms with E-state index in [9.17, 15) is 4.91 Å². The third-order valence-corrected chi connectivity index (χ3v) is 1.25. The zero-order valence-electron chi connectivity index (χ0n) is 4.61. The molecule has 0 saturated heterocycles. The molecule has 3 heteroatoms. The SMILES string of the molecule is O=Nc1ccc(S)cc1. The van der Waals surface area contributed by atoms with Gasteiger partial charge in [0.05, 0.1) is 0 Å². The summed E-state index contributed by atoms with van der Waals surface area (Å²) in [5.41, 5.74) is 0.438. The van der Waals surface area contributed by atoms with Gasteiger partial charge in [0, 0.05) is 4.90 Å². The summed E-state index contributed by atoms with van der Waals surface area (Å²) in [6, 6.07) is 6.68. The highest BCUT2D eigenvalue weighted by Crippen LogP contribution is 2.13. The fraction of sp³-hybridized carbons (Fsp3) is 0. The predicted octanol–water partition coefficient (Wildman–Crippen LogP) is 2.37. The monoisotopic (exact) mass is 139 g/mol. The number of nitrogens with zero attached hydrogens (tertiary/aromatic N) is 1. The van der Waals surface area contributed by atoms with Crippen LogP contribution in [-0.2, 0) is 0 Å². The van der Waals surface area contributed by atoms with Crippen molar-refractivity contribution in [1.82, 2.24) is 0 Å². The third-order valence-electron chi connectivity index (χ3n) is 0.955. The van der Waals surface area contributed by atoms with E-state index in [0.29, 0.717) is 5.69 Å². The van der Waals surface area contributed by atoms with Gasteiger partial charge in [-0.1, -0.05) is 0 Å². The van der Waals surface area contributed by atoms with Crippen LogP contribution in [0.15, 0.2) is 34.3 Å². The van der Waals surface area contributed by atoms with E-state index in [1.165, 1.54) is 0 Å². The Hall–Kier alpha value is -0.830. The second-order valence-corrected chi connectivity index (χ2v) is 2.12. The summed E-state index contributed by atoms with van der Waals surface area (Å²) in [6.45, 7) is 0. The number of hydrogen-bond donors (Lipinski definition) is 1. The molecule has 0 saturated carbocycles. The van der Waals surface area contributed by atoms with Crippen molar-refractivity contribution < 1.29 is 0 Å². The van der Waals surface area contributed by atoms with Gasteiger partial charge in [0.1, 0.15) is 5.69 Å². The highest BCUT2D eigenvalue weighted by Gasteiger charge is 1.86. The van der Waals surface area contributed by atoms with Crippen molar-refractivity contribution in [3.8, 4) is 0 Å². The van der Waals surface area contributed by atoms with Crippen LogP contribution in [0.3, 0.4) is 0 Å². The quantitative estimate of drug-likeness (QED) is 0.469. The standard InChI is InChI=1S/C6H5NOS/c8-7-5-1-3-6(9)4-2-5/h1-4,9H. The molecule has 0 radical (unpaired) electrons. The molecule has 0 aliphatic rings. The molecule has 0 unspecified atom stereocenters. The van der Waals surface area contributed by atoms with Gasteiger partial charge in [-0.3, -0.25) is 0 Å². The van der Waals surface area contributed by atoms with Crippen molar-refractivity contribution in [3.05, 3.63) is 29.2 Å². The lowest BCUT2D eigenvalue weighted by molar-refractivity contribution is 1.42.